The molecule has 1 atom stereocenters. The summed E-state index contributed by atoms with van der Waals surface area (Å²) in [5.41, 5.74) is 7.72. The standard InChI is InChI=1S/C26H33N2O/c1-16(2)14-19-12-13-28(6,7)23(15-19)24-18(5)8-9-20-21-10-11-22(17(3)4)27-26(21)29-25(20)24/h8-11,15-16,23H,3,12-14H2,1-2,4-7H3/q+1. The van der Waals surface area contributed by atoms with Crippen molar-refractivity contribution in [1.82, 2.24) is 4.98 Å². The lowest BCUT2D eigenvalue weighted by Crippen LogP contribution is -2.45. The Labute approximate surface area is 174 Å². The maximum absolute atomic E-state index is 6.43. The highest BCUT2D eigenvalue weighted by Gasteiger charge is 2.35. The second kappa shape index (κ2) is 7.14. The molecular weight excluding hydrogens is 356 g/mol. The number of aryl methyl sites for hydroxylation is 1. The van der Waals surface area contributed by atoms with E-state index in [1.165, 1.54) is 24.0 Å². The predicted octanol–water partition coefficient (Wildman–Crippen LogP) is 6.82. The van der Waals surface area contributed by atoms with Crippen molar-refractivity contribution in [2.45, 2.75) is 46.6 Å². The van der Waals surface area contributed by atoms with Gasteiger partial charge in [-0.2, -0.15) is 0 Å². The molecule has 152 valence electrons. The van der Waals surface area contributed by atoms with Gasteiger partial charge in [-0.15, -0.1) is 0 Å². The van der Waals surface area contributed by atoms with Gasteiger partial charge in [-0.3, -0.25) is 0 Å². The largest absolute Gasteiger partial charge is 0.437 e. The molecule has 0 amide bonds. The van der Waals surface area contributed by atoms with Crippen LogP contribution < -0.4 is 0 Å². The van der Waals surface area contributed by atoms with E-state index in [1.807, 2.05) is 13.0 Å². The molecule has 1 aromatic carbocycles. The number of aromatic nitrogens is 1. The number of furan rings is 1. The van der Waals surface area contributed by atoms with Gasteiger partial charge >= 0.3 is 0 Å². The third kappa shape index (κ3) is 3.53. The Morgan fingerprint density at radius 2 is 1.93 bits per heavy atom. The number of pyridine rings is 1. The summed E-state index contributed by atoms with van der Waals surface area (Å²) in [6.07, 6.45) is 4.88. The summed E-state index contributed by atoms with van der Waals surface area (Å²) >= 11 is 0. The number of allylic oxidation sites excluding steroid dienone is 1. The molecule has 0 aliphatic carbocycles. The smallest absolute Gasteiger partial charge is 0.227 e. The Hall–Kier alpha value is -2.39. The van der Waals surface area contributed by atoms with Gasteiger partial charge in [0.05, 0.1) is 31.9 Å². The molecule has 3 heterocycles. The first-order valence-electron chi connectivity index (χ1n) is 10.7. The van der Waals surface area contributed by atoms with E-state index in [9.17, 15) is 0 Å². The van der Waals surface area contributed by atoms with E-state index in [2.05, 4.69) is 65.7 Å². The topological polar surface area (TPSA) is 26.0 Å². The summed E-state index contributed by atoms with van der Waals surface area (Å²) in [5.74, 6) is 0.684. The number of fused-ring (bicyclic) bond motifs is 3. The highest BCUT2D eigenvalue weighted by atomic mass is 16.3. The summed E-state index contributed by atoms with van der Waals surface area (Å²) in [6.45, 7) is 14.0. The van der Waals surface area contributed by atoms with Crippen LogP contribution in [0, 0.1) is 12.8 Å². The van der Waals surface area contributed by atoms with Crippen LogP contribution in [0.25, 0.3) is 27.6 Å². The number of rotatable bonds is 4. The van der Waals surface area contributed by atoms with Crippen LogP contribution in [0.15, 0.2) is 46.9 Å². The monoisotopic (exact) mass is 389 g/mol. The molecule has 0 fully saturated rings. The minimum Gasteiger partial charge on any atom is -0.437 e. The number of benzene rings is 1. The normalized spacial score (nSPS) is 19.1. The van der Waals surface area contributed by atoms with Crippen LogP contribution in [0.2, 0.25) is 0 Å². The van der Waals surface area contributed by atoms with Crippen molar-refractivity contribution in [3.05, 3.63) is 59.3 Å². The van der Waals surface area contributed by atoms with Crippen molar-refractivity contribution in [3.63, 3.8) is 0 Å². The number of nitrogens with zero attached hydrogens (tertiary/aromatic N) is 2. The lowest BCUT2D eigenvalue weighted by atomic mass is 9.88. The van der Waals surface area contributed by atoms with Crippen LogP contribution >= 0.6 is 0 Å². The summed E-state index contributed by atoms with van der Waals surface area (Å²) in [7, 11) is 4.68. The van der Waals surface area contributed by atoms with Crippen LogP contribution in [-0.2, 0) is 0 Å². The molecule has 0 spiro atoms. The molecule has 3 nitrogen and oxygen atoms in total. The number of hydrogen-bond acceptors (Lipinski definition) is 2. The minimum absolute atomic E-state index is 0.294. The van der Waals surface area contributed by atoms with E-state index < -0.39 is 0 Å². The highest BCUT2D eigenvalue weighted by Crippen LogP contribution is 2.42. The van der Waals surface area contributed by atoms with Crippen molar-refractivity contribution >= 4 is 27.6 Å². The molecule has 2 aromatic heterocycles. The average molecular weight is 390 g/mol. The fourth-order valence-electron chi connectivity index (χ4n) is 4.65. The molecular formula is C26H33N2O+. The van der Waals surface area contributed by atoms with E-state index >= 15 is 0 Å². The maximum Gasteiger partial charge on any atom is 0.227 e. The number of likely N-dealkylation sites (N-methyl/N-ethyl adjacent to an activating group) is 1. The van der Waals surface area contributed by atoms with E-state index in [1.54, 1.807) is 5.57 Å². The van der Waals surface area contributed by atoms with Crippen molar-refractivity contribution < 1.29 is 8.90 Å². The molecule has 0 bridgehead atoms. The first kappa shape index (κ1) is 19.9. The lowest BCUT2D eigenvalue weighted by molar-refractivity contribution is -0.915. The highest BCUT2D eigenvalue weighted by molar-refractivity contribution is 6.05. The third-order valence-corrected chi connectivity index (χ3v) is 6.32. The molecule has 3 aromatic rings. The van der Waals surface area contributed by atoms with Crippen molar-refractivity contribution in [2.75, 3.05) is 20.6 Å². The summed E-state index contributed by atoms with van der Waals surface area (Å²) in [5, 5.41) is 2.24. The summed E-state index contributed by atoms with van der Waals surface area (Å²) < 4.78 is 7.37. The molecule has 0 saturated carbocycles. The molecule has 0 radical (unpaired) electrons. The Morgan fingerprint density at radius 3 is 2.62 bits per heavy atom. The second-order valence-corrected chi connectivity index (χ2v) is 9.72. The van der Waals surface area contributed by atoms with E-state index in [0.29, 0.717) is 17.7 Å². The fraction of sp³-hybridized carbons (Fsp3) is 0.423. The Morgan fingerprint density at radius 1 is 1.21 bits per heavy atom. The molecule has 3 heteroatoms. The van der Waals surface area contributed by atoms with Crippen LogP contribution in [0.3, 0.4) is 0 Å². The molecule has 29 heavy (non-hydrogen) atoms. The van der Waals surface area contributed by atoms with Crippen molar-refractivity contribution in [1.29, 1.82) is 0 Å². The zero-order valence-corrected chi connectivity index (χ0v) is 18.7. The van der Waals surface area contributed by atoms with Crippen LogP contribution in [0.5, 0.6) is 0 Å². The van der Waals surface area contributed by atoms with Gasteiger partial charge in [0.1, 0.15) is 11.6 Å². The van der Waals surface area contributed by atoms with Gasteiger partial charge in [0.25, 0.3) is 0 Å². The fourth-order valence-corrected chi connectivity index (χ4v) is 4.65. The molecule has 0 saturated heterocycles. The molecule has 1 aliphatic heterocycles. The van der Waals surface area contributed by atoms with E-state index in [-0.39, 0.29) is 0 Å². The maximum atomic E-state index is 6.43. The Bertz CT molecular complexity index is 1130. The van der Waals surface area contributed by atoms with Crippen LogP contribution in [0.1, 0.15) is 56.5 Å². The van der Waals surface area contributed by atoms with Gasteiger partial charge in [-0.05, 0) is 55.5 Å². The zero-order valence-electron chi connectivity index (χ0n) is 18.7. The molecule has 4 rings (SSSR count). The Balaban J connectivity index is 1.95. The lowest BCUT2D eigenvalue weighted by Gasteiger charge is -2.41. The van der Waals surface area contributed by atoms with Gasteiger partial charge in [0.15, 0.2) is 0 Å². The van der Waals surface area contributed by atoms with Gasteiger partial charge in [-0.25, -0.2) is 4.98 Å². The first-order chi connectivity index (χ1) is 13.7. The van der Waals surface area contributed by atoms with Gasteiger partial charge in [0.2, 0.25) is 5.71 Å². The van der Waals surface area contributed by atoms with Crippen molar-refractivity contribution in [3.8, 4) is 0 Å². The molecule has 0 N–H and O–H groups in total. The first-order valence-corrected chi connectivity index (χ1v) is 10.7. The van der Waals surface area contributed by atoms with Gasteiger partial charge in [-0.1, -0.05) is 38.1 Å². The second-order valence-electron chi connectivity index (χ2n) is 9.72. The van der Waals surface area contributed by atoms with Gasteiger partial charge < -0.3 is 8.90 Å². The predicted molar refractivity (Wildman–Crippen MR) is 123 cm³/mol. The number of quaternary nitrogens is 1. The Kier molecular flexibility index (Phi) is 4.90. The van der Waals surface area contributed by atoms with Crippen LogP contribution in [-0.4, -0.2) is 30.1 Å². The quantitative estimate of drug-likeness (QED) is 0.361. The van der Waals surface area contributed by atoms with Crippen LogP contribution in [0.4, 0.5) is 0 Å². The summed E-state index contributed by atoms with van der Waals surface area (Å²) in [4.78, 5) is 4.73. The summed E-state index contributed by atoms with van der Waals surface area (Å²) in [6, 6.07) is 8.88. The minimum atomic E-state index is 0.294. The van der Waals surface area contributed by atoms with E-state index in [4.69, 9.17) is 9.40 Å². The molecule has 1 aliphatic rings. The SMILES string of the molecule is C=C(C)c1ccc2c(n1)oc1c(C3C=C(CC(C)C)CC[N+]3(C)C)c(C)ccc12. The van der Waals surface area contributed by atoms with Crippen molar-refractivity contribution in [2.24, 2.45) is 5.92 Å². The number of hydrogen-bond donors (Lipinski definition) is 0. The molecule has 1 unspecified atom stereocenters. The average Bonchev–Trinajstić information content (AvgIpc) is 3.00. The third-order valence-electron chi connectivity index (χ3n) is 6.32. The van der Waals surface area contributed by atoms with E-state index in [0.717, 1.165) is 38.7 Å². The van der Waals surface area contributed by atoms with Gasteiger partial charge in [0, 0.05) is 17.2 Å². The zero-order chi connectivity index (χ0) is 20.9.